The number of carbonyl (C=O) groups is 1. The monoisotopic (exact) mass is 614 g/mol. The van der Waals surface area contributed by atoms with Crippen LogP contribution < -0.4 is 16.0 Å². The van der Waals surface area contributed by atoms with Gasteiger partial charge in [0, 0.05) is 32.1 Å². The van der Waals surface area contributed by atoms with E-state index in [9.17, 15) is 15.0 Å². The van der Waals surface area contributed by atoms with Gasteiger partial charge in [0.05, 0.1) is 6.33 Å². The Kier molecular flexibility index (Phi) is 9.84. The first-order valence-electron chi connectivity index (χ1n) is 15.9. The van der Waals surface area contributed by atoms with Crippen LogP contribution in [-0.2, 0) is 9.53 Å². The Labute approximate surface area is 262 Å². The number of nitrogens with zero attached hydrogens (tertiary/aromatic N) is 5. The number of anilines is 2. The fourth-order valence-corrected chi connectivity index (χ4v) is 6.19. The van der Waals surface area contributed by atoms with Gasteiger partial charge in [0.2, 0.25) is 5.95 Å². The van der Waals surface area contributed by atoms with Crippen LogP contribution in [0.5, 0.6) is 0 Å². The van der Waals surface area contributed by atoms with Crippen LogP contribution in [0.25, 0.3) is 11.2 Å². The quantitative estimate of drug-likeness (QED) is 0.161. The van der Waals surface area contributed by atoms with Crippen molar-refractivity contribution in [3.8, 4) is 0 Å². The number of aliphatic hydroxyl groups is 2. The summed E-state index contributed by atoms with van der Waals surface area (Å²) in [6.45, 7) is 6.42. The second-order valence-corrected chi connectivity index (χ2v) is 11.6. The lowest BCUT2D eigenvalue weighted by Gasteiger charge is -2.26. The maximum Gasteiger partial charge on any atom is 0.252 e. The number of likely N-dealkylation sites (N-methyl/N-ethyl adjacent to an activating group) is 1. The van der Waals surface area contributed by atoms with Gasteiger partial charge in [0.25, 0.3) is 5.91 Å². The second kappa shape index (κ2) is 14.3. The molecule has 12 heteroatoms. The van der Waals surface area contributed by atoms with Crippen LogP contribution in [0.1, 0.15) is 49.5 Å². The van der Waals surface area contributed by atoms with E-state index in [2.05, 4.69) is 50.1 Å². The predicted octanol–water partition coefficient (Wildman–Crippen LogP) is 2.72. The molecular weight excluding hydrogens is 572 g/mol. The van der Waals surface area contributed by atoms with Crippen molar-refractivity contribution in [1.82, 2.24) is 29.7 Å². The molecule has 0 spiro atoms. The van der Waals surface area contributed by atoms with E-state index in [-0.39, 0.29) is 5.92 Å². The number of ether oxygens (including phenoxy) is 1. The lowest BCUT2D eigenvalue weighted by Crippen LogP contribution is -2.42. The molecule has 2 aromatic heterocycles. The molecule has 0 unspecified atom stereocenters. The molecule has 4 atom stereocenters. The van der Waals surface area contributed by atoms with Crippen LogP contribution in [0.15, 0.2) is 67.0 Å². The standard InChI is InChI=1S/C33H42N8O4/c1-2-34-31(44)28-26(42)27(43)32(45-28)41-21-37-25-29(38-33(39-30(25)41)35-16-19-40-17-10-5-11-18-40)36-20-24(22-12-6-3-7-13-22)23-14-8-4-9-15-23/h3-4,6-9,12-15,21,24,26-28,32,42-43H,2,5,10-11,16-20H2,1H3,(H,34,44)(H2,35,36,38,39)/t26-,27+,28-,32-/m0/s1. The van der Waals surface area contributed by atoms with Crippen LogP contribution in [0.4, 0.5) is 11.8 Å². The van der Waals surface area contributed by atoms with Crippen LogP contribution in [0, 0.1) is 0 Å². The van der Waals surface area contributed by atoms with Gasteiger partial charge < -0.3 is 35.8 Å². The number of likely N-dealkylation sites (tertiary alicyclic amines) is 1. The van der Waals surface area contributed by atoms with Crippen molar-refractivity contribution in [2.75, 3.05) is 49.9 Å². The highest BCUT2D eigenvalue weighted by Crippen LogP contribution is 2.34. The van der Waals surface area contributed by atoms with E-state index in [1.54, 1.807) is 11.5 Å². The number of carbonyl (C=O) groups excluding carboxylic acids is 1. The second-order valence-electron chi connectivity index (χ2n) is 11.6. The minimum absolute atomic E-state index is 0.0444. The summed E-state index contributed by atoms with van der Waals surface area (Å²) in [7, 11) is 0. The van der Waals surface area contributed by atoms with Gasteiger partial charge in [-0.1, -0.05) is 67.1 Å². The summed E-state index contributed by atoms with van der Waals surface area (Å²) >= 11 is 0. The van der Waals surface area contributed by atoms with Crippen molar-refractivity contribution >= 4 is 28.8 Å². The number of aliphatic hydroxyl groups excluding tert-OH is 2. The van der Waals surface area contributed by atoms with Gasteiger partial charge in [-0.05, 0) is 44.0 Å². The molecule has 2 fully saturated rings. The zero-order chi connectivity index (χ0) is 31.2. The molecule has 0 radical (unpaired) electrons. The van der Waals surface area contributed by atoms with Crippen LogP contribution in [0.2, 0.25) is 0 Å². The molecule has 0 aliphatic carbocycles. The lowest BCUT2D eigenvalue weighted by molar-refractivity contribution is -0.137. The molecule has 2 aliphatic rings. The third-order valence-electron chi connectivity index (χ3n) is 8.58. The van der Waals surface area contributed by atoms with Crippen LogP contribution in [0.3, 0.4) is 0 Å². The maximum atomic E-state index is 12.5. The normalized spacial score (nSPS) is 22.1. The van der Waals surface area contributed by atoms with E-state index < -0.39 is 30.4 Å². The van der Waals surface area contributed by atoms with Crippen LogP contribution in [-0.4, -0.2) is 98.1 Å². The zero-order valence-electron chi connectivity index (χ0n) is 25.5. The number of hydrogen-bond acceptors (Lipinski definition) is 10. The average Bonchev–Trinajstić information content (AvgIpc) is 3.63. The maximum absolute atomic E-state index is 12.5. The van der Waals surface area contributed by atoms with Gasteiger partial charge in [-0.15, -0.1) is 0 Å². The van der Waals surface area contributed by atoms with E-state index >= 15 is 0 Å². The van der Waals surface area contributed by atoms with Gasteiger partial charge in [-0.25, -0.2) is 4.98 Å². The molecule has 1 amide bonds. The molecule has 5 N–H and O–H groups in total. The number of nitrogens with one attached hydrogen (secondary N) is 3. The highest BCUT2D eigenvalue weighted by molar-refractivity contribution is 5.85. The molecule has 0 saturated carbocycles. The molecule has 2 saturated heterocycles. The highest BCUT2D eigenvalue weighted by atomic mass is 16.6. The van der Waals surface area contributed by atoms with Gasteiger partial charge in [-0.2, -0.15) is 9.97 Å². The summed E-state index contributed by atoms with van der Waals surface area (Å²) in [4.78, 5) is 29.2. The Bertz CT molecular complexity index is 1510. The molecule has 4 aromatic rings. The summed E-state index contributed by atoms with van der Waals surface area (Å²) < 4.78 is 7.48. The molecule has 6 rings (SSSR count). The molecule has 4 heterocycles. The topological polar surface area (TPSA) is 150 Å². The van der Waals surface area contributed by atoms with Gasteiger partial charge in [-0.3, -0.25) is 9.36 Å². The smallest absolute Gasteiger partial charge is 0.252 e. The fraction of sp³-hybridized carbons (Fsp3) is 0.455. The third kappa shape index (κ3) is 6.94. The zero-order valence-corrected chi connectivity index (χ0v) is 25.5. The first-order valence-corrected chi connectivity index (χ1v) is 15.9. The Morgan fingerprint density at radius 1 is 0.956 bits per heavy atom. The van der Waals surface area contributed by atoms with Crippen molar-refractivity contribution < 1.29 is 19.7 Å². The Morgan fingerprint density at radius 2 is 1.64 bits per heavy atom. The Morgan fingerprint density at radius 3 is 2.31 bits per heavy atom. The number of amides is 1. The molecule has 2 aromatic carbocycles. The SMILES string of the molecule is CCNC(=O)[C@H]1O[C@H](n2cnc3c(NCC(c4ccccc4)c4ccccc4)nc(NCCN4CCCCC4)nc32)[C@H](O)[C@@H]1O. The van der Waals surface area contributed by atoms with Crippen molar-refractivity contribution in [2.45, 2.75) is 56.6 Å². The predicted molar refractivity (Wildman–Crippen MR) is 172 cm³/mol. The number of piperidine rings is 1. The van der Waals surface area contributed by atoms with Gasteiger partial charge in [0.15, 0.2) is 29.3 Å². The molecule has 45 heavy (non-hydrogen) atoms. The Hall–Kier alpha value is -4.10. The van der Waals surface area contributed by atoms with Gasteiger partial charge >= 0.3 is 0 Å². The highest BCUT2D eigenvalue weighted by Gasteiger charge is 2.47. The molecule has 238 valence electrons. The van der Waals surface area contributed by atoms with E-state index in [0.29, 0.717) is 42.6 Å². The van der Waals surface area contributed by atoms with Crippen LogP contribution >= 0.6 is 0 Å². The number of benzene rings is 2. The first kappa shape index (κ1) is 30.9. The van der Waals surface area contributed by atoms with Crippen molar-refractivity contribution in [3.05, 3.63) is 78.1 Å². The summed E-state index contributed by atoms with van der Waals surface area (Å²) in [6.07, 6.45) is 0.161. The number of aromatic nitrogens is 4. The number of rotatable bonds is 12. The first-order chi connectivity index (χ1) is 22.0. The number of hydrogen-bond donors (Lipinski definition) is 5. The summed E-state index contributed by atoms with van der Waals surface area (Å²) in [6, 6.07) is 20.6. The molecular formula is C33H42N8O4. The van der Waals surface area contributed by atoms with Gasteiger partial charge in [0.1, 0.15) is 12.2 Å². The van der Waals surface area contributed by atoms with E-state index in [0.717, 1.165) is 19.6 Å². The van der Waals surface area contributed by atoms with E-state index in [1.165, 1.54) is 36.7 Å². The lowest BCUT2D eigenvalue weighted by atomic mass is 9.91. The van der Waals surface area contributed by atoms with E-state index in [4.69, 9.17) is 14.7 Å². The molecule has 0 bridgehead atoms. The van der Waals surface area contributed by atoms with Crippen molar-refractivity contribution in [3.63, 3.8) is 0 Å². The van der Waals surface area contributed by atoms with Crippen molar-refractivity contribution in [2.24, 2.45) is 0 Å². The minimum Gasteiger partial charge on any atom is -0.387 e. The number of fused-ring (bicyclic) bond motifs is 1. The number of imidazole rings is 1. The van der Waals surface area contributed by atoms with E-state index in [1.807, 2.05) is 36.4 Å². The van der Waals surface area contributed by atoms with Crippen molar-refractivity contribution in [1.29, 1.82) is 0 Å². The summed E-state index contributed by atoms with van der Waals surface area (Å²) in [5, 5.41) is 31.2. The summed E-state index contributed by atoms with van der Waals surface area (Å²) in [5.41, 5.74) is 3.24. The Balaban J connectivity index is 1.30. The molecule has 12 nitrogen and oxygen atoms in total. The average molecular weight is 615 g/mol. The minimum atomic E-state index is -1.40. The summed E-state index contributed by atoms with van der Waals surface area (Å²) in [5.74, 6) is 0.501. The molecule has 2 aliphatic heterocycles. The third-order valence-corrected chi connectivity index (χ3v) is 8.58. The fourth-order valence-electron chi connectivity index (χ4n) is 6.19. The largest absolute Gasteiger partial charge is 0.387 e.